The SMILES string of the molecule is COc1ccc(CN(Cc2cc3n(n2)CCCC3)[C@H]2CCS(=O)(=O)C2)cc1. The molecule has 1 atom stereocenters. The van der Waals surface area contributed by atoms with Crippen molar-refractivity contribution in [3.63, 3.8) is 0 Å². The summed E-state index contributed by atoms with van der Waals surface area (Å²) in [5.41, 5.74) is 3.51. The molecule has 1 aromatic heterocycles. The van der Waals surface area contributed by atoms with Crippen molar-refractivity contribution in [3.05, 3.63) is 47.3 Å². The Morgan fingerprint density at radius 1 is 1.22 bits per heavy atom. The molecular formula is C20H27N3O3S. The van der Waals surface area contributed by atoms with Crippen molar-refractivity contribution in [1.29, 1.82) is 0 Å². The second kappa shape index (κ2) is 7.64. The Kier molecular flexibility index (Phi) is 5.23. The van der Waals surface area contributed by atoms with E-state index < -0.39 is 9.84 Å². The van der Waals surface area contributed by atoms with Crippen LogP contribution in [0.4, 0.5) is 0 Å². The van der Waals surface area contributed by atoms with Crippen molar-refractivity contribution < 1.29 is 13.2 Å². The maximum Gasteiger partial charge on any atom is 0.151 e. The fraction of sp³-hybridized carbons (Fsp3) is 0.550. The van der Waals surface area contributed by atoms with E-state index in [1.165, 1.54) is 18.5 Å². The van der Waals surface area contributed by atoms with E-state index >= 15 is 0 Å². The molecule has 1 aromatic carbocycles. The molecule has 6 nitrogen and oxygen atoms in total. The van der Waals surface area contributed by atoms with Crippen molar-refractivity contribution in [2.75, 3.05) is 18.6 Å². The van der Waals surface area contributed by atoms with Crippen molar-refractivity contribution in [2.45, 2.75) is 51.4 Å². The number of rotatable bonds is 6. The van der Waals surface area contributed by atoms with Crippen molar-refractivity contribution in [1.82, 2.24) is 14.7 Å². The number of aromatic nitrogens is 2. The fourth-order valence-electron chi connectivity index (χ4n) is 4.11. The summed E-state index contributed by atoms with van der Waals surface area (Å²) in [6.07, 6.45) is 4.20. The molecular weight excluding hydrogens is 362 g/mol. The first kappa shape index (κ1) is 18.5. The summed E-state index contributed by atoms with van der Waals surface area (Å²) in [5, 5.41) is 4.77. The molecule has 1 saturated heterocycles. The Labute approximate surface area is 161 Å². The zero-order chi connectivity index (χ0) is 18.9. The largest absolute Gasteiger partial charge is 0.497 e. The molecule has 4 rings (SSSR count). The third kappa shape index (κ3) is 4.35. The normalized spacial score (nSPS) is 21.3. The van der Waals surface area contributed by atoms with Crippen molar-refractivity contribution in [2.24, 2.45) is 0 Å². The van der Waals surface area contributed by atoms with Crippen LogP contribution in [-0.2, 0) is 35.9 Å². The molecule has 27 heavy (non-hydrogen) atoms. The number of ether oxygens (including phenoxy) is 1. The summed E-state index contributed by atoms with van der Waals surface area (Å²) in [6, 6.07) is 10.3. The highest BCUT2D eigenvalue weighted by Gasteiger charge is 2.32. The van der Waals surface area contributed by atoms with E-state index in [9.17, 15) is 8.42 Å². The van der Waals surface area contributed by atoms with Crippen LogP contribution in [0.15, 0.2) is 30.3 Å². The summed E-state index contributed by atoms with van der Waals surface area (Å²) < 4.78 is 31.4. The molecule has 0 aliphatic carbocycles. The van der Waals surface area contributed by atoms with E-state index in [2.05, 4.69) is 15.6 Å². The zero-order valence-electron chi connectivity index (χ0n) is 15.8. The van der Waals surface area contributed by atoms with Crippen LogP contribution in [0.3, 0.4) is 0 Å². The Morgan fingerprint density at radius 3 is 2.70 bits per heavy atom. The predicted octanol–water partition coefficient (Wildman–Crippen LogP) is 2.42. The molecule has 1 fully saturated rings. The van der Waals surface area contributed by atoms with Crippen molar-refractivity contribution >= 4 is 9.84 Å². The Balaban J connectivity index is 1.54. The summed E-state index contributed by atoms with van der Waals surface area (Å²) in [7, 11) is -1.27. The molecule has 0 N–H and O–H groups in total. The molecule has 0 saturated carbocycles. The van der Waals surface area contributed by atoms with Crippen LogP contribution in [0, 0.1) is 0 Å². The van der Waals surface area contributed by atoms with Gasteiger partial charge in [-0.2, -0.15) is 5.10 Å². The van der Waals surface area contributed by atoms with Gasteiger partial charge in [0.05, 0.1) is 24.3 Å². The first-order valence-corrected chi connectivity index (χ1v) is 11.5. The van der Waals surface area contributed by atoms with Gasteiger partial charge in [-0.15, -0.1) is 0 Å². The second-order valence-corrected chi connectivity index (χ2v) is 9.85. The third-order valence-corrected chi connectivity index (χ3v) is 7.35. The second-order valence-electron chi connectivity index (χ2n) is 7.62. The number of fused-ring (bicyclic) bond motifs is 1. The molecule has 7 heteroatoms. The first-order chi connectivity index (χ1) is 13.0. The van der Waals surface area contributed by atoms with E-state index in [1.807, 2.05) is 24.3 Å². The standard InChI is InChI=1S/C20H27N3O3S/c1-26-20-7-5-16(6-8-20)13-22(19-9-11-27(24,25)15-19)14-17-12-18-4-2-3-10-23(18)21-17/h5-8,12,19H,2-4,9-11,13-15H2,1H3/t19-/m0/s1. The summed E-state index contributed by atoms with van der Waals surface area (Å²) in [6.45, 7) is 2.39. The average Bonchev–Trinajstić information content (AvgIpc) is 3.24. The molecule has 0 unspecified atom stereocenters. The van der Waals surface area contributed by atoms with Gasteiger partial charge in [0, 0.05) is 31.4 Å². The molecule has 146 valence electrons. The fourth-order valence-corrected chi connectivity index (χ4v) is 5.87. The Bertz CT molecular complexity index is 866. The molecule has 0 bridgehead atoms. The molecule has 0 amide bonds. The van der Waals surface area contributed by atoms with Gasteiger partial charge in [-0.25, -0.2) is 8.42 Å². The number of aryl methyl sites for hydroxylation is 2. The Morgan fingerprint density at radius 2 is 2.04 bits per heavy atom. The maximum atomic E-state index is 12.0. The molecule has 2 aromatic rings. The monoisotopic (exact) mass is 389 g/mol. The number of hydrogen-bond donors (Lipinski definition) is 0. The minimum absolute atomic E-state index is 0.0517. The van der Waals surface area contributed by atoms with Gasteiger partial charge < -0.3 is 4.74 Å². The van der Waals surface area contributed by atoms with Crippen LogP contribution in [0.25, 0.3) is 0 Å². The van der Waals surface area contributed by atoms with Crippen LogP contribution in [0.5, 0.6) is 5.75 Å². The Hall–Kier alpha value is -1.86. The molecule has 3 heterocycles. The minimum atomic E-state index is -2.93. The van der Waals surface area contributed by atoms with Gasteiger partial charge in [0.25, 0.3) is 0 Å². The lowest BCUT2D eigenvalue weighted by Crippen LogP contribution is -2.35. The van der Waals surface area contributed by atoms with Gasteiger partial charge >= 0.3 is 0 Å². The van der Waals surface area contributed by atoms with E-state index in [4.69, 9.17) is 9.84 Å². The van der Waals surface area contributed by atoms with Crippen LogP contribution >= 0.6 is 0 Å². The summed E-state index contributed by atoms with van der Waals surface area (Å²) >= 11 is 0. The molecule has 2 aliphatic heterocycles. The van der Waals surface area contributed by atoms with Crippen molar-refractivity contribution in [3.8, 4) is 5.75 Å². The van der Waals surface area contributed by atoms with Crippen LogP contribution in [-0.4, -0.2) is 47.8 Å². The van der Waals surface area contributed by atoms with Gasteiger partial charge in [0.1, 0.15) is 5.75 Å². The predicted molar refractivity (Wildman–Crippen MR) is 104 cm³/mol. The molecule has 0 spiro atoms. The lowest BCUT2D eigenvalue weighted by atomic mass is 10.1. The third-order valence-electron chi connectivity index (χ3n) is 5.60. The van der Waals surface area contributed by atoms with Gasteiger partial charge in [-0.1, -0.05) is 12.1 Å². The smallest absolute Gasteiger partial charge is 0.151 e. The number of methoxy groups -OCH3 is 1. The van der Waals surface area contributed by atoms with Gasteiger partial charge in [-0.3, -0.25) is 9.58 Å². The molecule has 0 radical (unpaired) electrons. The lowest BCUT2D eigenvalue weighted by Gasteiger charge is -2.27. The van der Waals surface area contributed by atoms with Gasteiger partial charge in [-0.05, 0) is 49.4 Å². The van der Waals surface area contributed by atoms with Crippen LogP contribution < -0.4 is 4.74 Å². The number of hydrogen-bond acceptors (Lipinski definition) is 5. The highest BCUT2D eigenvalue weighted by molar-refractivity contribution is 7.91. The highest BCUT2D eigenvalue weighted by atomic mass is 32.2. The minimum Gasteiger partial charge on any atom is -0.497 e. The number of nitrogens with zero attached hydrogens (tertiary/aromatic N) is 3. The first-order valence-electron chi connectivity index (χ1n) is 9.65. The van der Waals surface area contributed by atoms with Crippen LogP contribution in [0.1, 0.15) is 36.2 Å². The summed E-state index contributed by atoms with van der Waals surface area (Å²) in [5.74, 6) is 1.36. The topological polar surface area (TPSA) is 64.4 Å². The van der Waals surface area contributed by atoms with Gasteiger partial charge in [0.2, 0.25) is 0 Å². The van der Waals surface area contributed by atoms with Gasteiger partial charge in [0.15, 0.2) is 9.84 Å². The summed E-state index contributed by atoms with van der Waals surface area (Å²) in [4.78, 5) is 2.28. The van der Waals surface area contributed by atoms with E-state index in [1.54, 1.807) is 7.11 Å². The van der Waals surface area contributed by atoms with E-state index in [0.717, 1.165) is 30.0 Å². The average molecular weight is 390 g/mol. The quantitative estimate of drug-likeness (QED) is 0.759. The number of benzene rings is 1. The zero-order valence-corrected chi connectivity index (χ0v) is 16.6. The molecule has 2 aliphatic rings. The lowest BCUT2D eigenvalue weighted by molar-refractivity contribution is 0.191. The van der Waals surface area contributed by atoms with E-state index in [-0.39, 0.29) is 17.5 Å². The van der Waals surface area contributed by atoms with E-state index in [0.29, 0.717) is 19.5 Å². The highest BCUT2D eigenvalue weighted by Crippen LogP contribution is 2.24. The number of sulfone groups is 1. The maximum absolute atomic E-state index is 12.0. The van der Waals surface area contributed by atoms with Crippen LogP contribution in [0.2, 0.25) is 0 Å².